The third kappa shape index (κ3) is 2.21. The van der Waals surface area contributed by atoms with Gasteiger partial charge in [-0.25, -0.2) is 4.98 Å². The van der Waals surface area contributed by atoms with Crippen molar-refractivity contribution >= 4 is 0 Å². The highest BCUT2D eigenvalue weighted by atomic mass is 19.1. The maximum atomic E-state index is 13.2. The van der Waals surface area contributed by atoms with Crippen molar-refractivity contribution in [3.63, 3.8) is 0 Å². The van der Waals surface area contributed by atoms with Crippen molar-refractivity contribution in [1.29, 1.82) is 0 Å². The molecule has 0 unspecified atom stereocenters. The highest BCUT2D eigenvalue weighted by Crippen LogP contribution is 2.38. The number of hydrogen-bond acceptors (Lipinski definition) is 2. The quantitative estimate of drug-likeness (QED) is 0.810. The molecule has 1 aromatic heterocycles. The lowest BCUT2D eigenvalue weighted by molar-refractivity contribution is 0.466. The number of pyridine rings is 1. The highest BCUT2D eigenvalue weighted by molar-refractivity contribution is 5.75. The normalized spacial score (nSPS) is 10.9. The minimum Gasteiger partial charge on any atom is -0.507 e. The molecule has 0 saturated carbocycles. The van der Waals surface area contributed by atoms with Gasteiger partial charge in [0.15, 0.2) is 0 Å². The standard InChI is InChI=1S/C15H16FNO/c1-9(2)12-5-4-10(3)14(15(12)18)11-6-7-17-13(16)8-11/h4-9,18H,1-3H3. The Morgan fingerprint density at radius 1 is 1.22 bits per heavy atom. The van der Waals surface area contributed by atoms with E-state index in [1.54, 1.807) is 6.07 Å². The summed E-state index contributed by atoms with van der Waals surface area (Å²) in [5.74, 6) is -0.0899. The molecule has 1 aromatic carbocycles. The fourth-order valence-corrected chi connectivity index (χ4v) is 2.10. The first-order valence-corrected chi connectivity index (χ1v) is 5.95. The van der Waals surface area contributed by atoms with Crippen LogP contribution in [0.5, 0.6) is 5.75 Å². The molecule has 94 valence electrons. The van der Waals surface area contributed by atoms with Crippen LogP contribution in [0.3, 0.4) is 0 Å². The summed E-state index contributed by atoms with van der Waals surface area (Å²) < 4.78 is 13.2. The van der Waals surface area contributed by atoms with Crippen molar-refractivity contribution in [2.24, 2.45) is 0 Å². The topological polar surface area (TPSA) is 33.1 Å². The van der Waals surface area contributed by atoms with E-state index in [0.717, 1.165) is 11.1 Å². The number of aromatic nitrogens is 1. The van der Waals surface area contributed by atoms with Gasteiger partial charge in [0.1, 0.15) is 5.75 Å². The first kappa shape index (κ1) is 12.6. The Labute approximate surface area is 106 Å². The number of hydrogen-bond donors (Lipinski definition) is 1. The zero-order chi connectivity index (χ0) is 13.3. The van der Waals surface area contributed by atoms with Crippen molar-refractivity contribution < 1.29 is 9.50 Å². The Morgan fingerprint density at radius 2 is 1.94 bits per heavy atom. The number of halogens is 1. The Balaban J connectivity index is 2.67. The van der Waals surface area contributed by atoms with E-state index in [1.165, 1.54) is 12.3 Å². The van der Waals surface area contributed by atoms with Gasteiger partial charge in [0.2, 0.25) is 5.95 Å². The maximum absolute atomic E-state index is 13.2. The number of aryl methyl sites for hydroxylation is 1. The molecule has 2 aromatic rings. The Morgan fingerprint density at radius 3 is 2.56 bits per heavy atom. The summed E-state index contributed by atoms with van der Waals surface area (Å²) in [6.07, 6.45) is 1.41. The molecule has 0 atom stereocenters. The van der Waals surface area contributed by atoms with Gasteiger partial charge in [0.25, 0.3) is 0 Å². The number of nitrogens with zero attached hydrogens (tertiary/aromatic N) is 1. The molecule has 0 saturated heterocycles. The third-order valence-corrected chi connectivity index (χ3v) is 3.05. The van der Waals surface area contributed by atoms with E-state index in [1.807, 2.05) is 32.9 Å². The van der Waals surface area contributed by atoms with Crippen LogP contribution in [0.2, 0.25) is 0 Å². The summed E-state index contributed by atoms with van der Waals surface area (Å²) >= 11 is 0. The Kier molecular flexibility index (Phi) is 3.32. The smallest absolute Gasteiger partial charge is 0.213 e. The van der Waals surface area contributed by atoms with Crippen LogP contribution in [0.4, 0.5) is 4.39 Å². The molecule has 1 N–H and O–H groups in total. The van der Waals surface area contributed by atoms with Crippen LogP contribution in [0.1, 0.15) is 30.9 Å². The summed E-state index contributed by atoms with van der Waals surface area (Å²) in [6, 6.07) is 6.90. The lowest BCUT2D eigenvalue weighted by Gasteiger charge is -2.15. The lowest BCUT2D eigenvalue weighted by atomic mass is 9.93. The zero-order valence-corrected chi connectivity index (χ0v) is 10.7. The number of aromatic hydroxyl groups is 1. The van der Waals surface area contributed by atoms with E-state index in [-0.39, 0.29) is 11.7 Å². The monoisotopic (exact) mass is 245 g/mol. The molecule has 0 aliphatic carbocycles. The van der Waals surface area contributed by atoms with Gasteiger partial charge in [0, 0.05) is 17.8 Å². The van der Waals surface area contributed by atoms with Crippen molar-refractivity contribution in [3.05, 3.63) is 47.5 Å². The molecule has 3 heteroatoms. The highest BCUT2D eigenvalue weighted by Gasteiger charge is 2.14. The molecule has 0 radical (unpaired) electrons. The Bertz CT molecular complexity index is 579. The molecule has 2 rings (SSSR count). The van der Waals surface area contributed by atoms with Crippen molar-refractivity contribution in [3.8, 4) is 16.9 Å². The van der Waals surface area contributed by atoms with Crippen molar-refractivity contribution in [2.45, 2.75) is 26.7 Å². The molecule has 0 aliphatic rings. The molecule has 0 fully saturated rings. The minimum atomic E-state index is -0.541. The summed E-state index contributed by atoms with van der Waals surface area (Å²) in [7, 11) is 0. The molecule has 18 heavy (non-hydrogen) atoms. The van der Waals surface area contributed by atoms with Crippen LogP contribution in [-0.4, -0.2) is 10.1 Å². The number of phenolic OH excluding ortho intramolecular Hbond substituents is 1. The second kappa shape index (κ2) is 4.77. The molecular formula is C15H16FNO. The van der Waals surface area contributed by atoms with Crippen molar-refractivity contribution in [2.75, 3.05) is 0 Å². The van der Waals surface area contributed by atoms with Gasteiger partial charge in [-0.3, -0.25) is 0 Å². The number of benzene rings is 1. The first-order chi connectivity index (χ1) is 8.50. The predicted molar refractivity (Wildman–Crippen MR) is 70.1 cm³/mol. The van der Waals surface area contributed by atoms with Crippen LogP contribution in [-0.2, 0) is 0 Å². The Hall–Kier alpha value is -1.90. The summed E-state index contributed by atoms with van der Waals surface area (Å²) in [5.41, 5.74) is 3.12. The summed E-state index contributed by atoms with van der Waals surface area (Å²) in [6.45, 7) is 5.93. The van der Waals surface area contributed by atoms with Gasteiger partial charge in [0.05, 0.1) is 0 Å². The first-order valence-electron chi connectivity index (χ1n) is 5.95. The van der Waals surface area contributed by atoms with E-state index in [0.29, 0.717) is 11.1 Å². The van der Waals surface area contributed by atoms with E-state index >= 15 is 0 Å². The lowest BCUT2D eigenvalue weighted by Crippen LogP contribution is -1.94. The SMILES string of the molecule is Cc1ccc(C(C)C)c(O)c1-c1ccnc(F)c1. The van der Waals surface area contributed by atoms with E-state index in [4.69, 9.17) is 0 Å². The van der Waals surface area contributed by atoms with Crippen LogP contribution in [0.15, 0.2) is 30.5 Å². The van der Waals surface area contributed by atoms with Gasteiger partial charge in [-0.2, -0.15) is 4.39 Å². The second-order valence-corrected chi connectivity index (χ2v) is 4.72. The second-order valence-electron chi connectivity index (χ2n) is 4.72. The average molecular weight is 245 g/mol. The molecular weight excluding hydrogens is 229 g/mol. The van der Waals surface area contributed by atoms with E-state index in [2.05, 4.69) is 4.98 Å². The predicted octanol–water partition coefficient (Wildman–Crippen LogP) is 4.03. The minimum absolute atomic E-state index is 0.219. The van der Waals surface area contributed by atoms with Crippen LogP contribution in [0.25, 0.3) is 11.1 Å². The third-order valence-electron chi connectivity index (χ3n) is 3.05. The molecule has 0 amide bonds. The number of phenols is 1. The van der Waals surface area contributed by atoms with Gasteiger partial charge in [-0.1, -0.05) is 26.0 Å². The van der Waals surface area contributed by atoms with Gasteiger partial charge in [-0.05, 0) is 35.6 Å². The van der Waals surface area contributed by atoms with Gasteiger partial charge < -0.3 is 5.11 Å². The fourth-order valence-electron chi connectivity index (χ4n) is 2.10. The van der Waals surface area contributed by atoms with Gasteiger partial charge in [-0.15, -0.1) is 0 Å². The van der Waals surface area contributed by atoms with Crippen molar-refractivity contribution in [1.82, 2.24) is 4.98 Å². The fraction of sp³-hybridized carbons (Fsp3) is 0.267. The van der Waals surface area contributed by atoms with Crippen LogP contribution >= 0.6 is 0 Å². The maximum Gasteiger partial charge on any atom is 0.213 e. The largest absolute Gasteiger partial charge is 0.507 e. The molecule has 1 heterocycles. The van der Waals surface area contributed by atoms with E-state index < -0.39 is 5.95 Å². The molecule has 0 spiro atoms. The average Bonchev–Trinajstić information content (AvgIpc) is 2.28. The van der Waals surface area contributed by atoms with Gasteiger partial charge >= 0.3 is 0 Å². The van der Waals surface area contributed by atoms with Crippen LogP contribution in [0, 0.1) is 12.9 Å². The summed E-state index contributed by atoms with van der Waals surface area (Å²) in [4.78, 5) is 3.53. The summed E-state index contributed by atoms with van der Waals surface area (Å²) in [5, 5.41) is 10.3. The molecule has 0 bridgehead atoms. The van der Waals surface area contributed by atoms with Crippen LogP contribution < -0.4 is 0 Å². The zero-order valence-electron chi connectivity index (χ0n) is 10.7. The molecule has 2 nitrogen and oxygen atoms in total. The molecule has 0 aliphatic heterocycles. The number of rotatable bonds is 2. The van der Waals surface area contributed by atoms with E-state index in [9.17, 15) is 9.50 Å².